The molecule has 0 saturated heterocycles. The summed E-state index contributed by atoms with van der Waals surface area (Å²) in [4.78, 5) is 11.6. The second-order valence-corrected chi connectivity index (χ2v) is 4.33. The van der Waals surface area contributed by atoms with Crippen molar-refractivity contribution in [3.63, 3.8) is 0 Å². The van der Waals surface area contributed by atoms with E-state index in [-0.39, 0.29) is 18.6 Å². The fourth-order valence-electron chi connectivity index (χ4n) is 1.70. The average Bonchev–Trinajstić information content (AvgIpc) is 2.37. The average molecular weight is 251 g/mol. The van der Waals surface area contributed by atoms with Gasteiger partial charge in [-0.2, -0.15) is 0 Å². The Labute approximate surface area is 108 Å². The molecule has 0 bridgehead atoms. The number of aliphatic hydroxyl groups excluding tert-OH is 1. The Hall–Kier alpha value is -1.55. The topological polar surface area (TPSA) is 58.6 Å². The standard InChI is InChI=1S/C14H21NO3/c1-11(8-9-16)15-14(17)7-6-12-4-3-5-13(10-12)18-2/h3-5,10-11,16H,6-9H2,1-2H3,(H,15,17). The molecule has 18 heavy (non-hydrogen) atoms. The van der Waals surface area contributed by atoms with E-state index in [1.54, 1.807) is 7.11 Å². The molecule has 1 unspecified atom stereocenters. The van der Waals surface area contributed by atoms with Crippen LogP contribution in [0.4, 0.5) is 0 Å². The predicted molar refractivity (Wildman–Crippen MR) is 70.6 cm³/mol. The first-order valence-corrected chi connectivity index (χ1v) is 6.19. The van der Waals surface area contributed by atoms with Crippen molar-refractivity contribution in [2.75, 3.05) is 13.7 Å². The Bertz CT molecular complexity index is 379. The molecule has 0 heterocycles. The molecule has 0 aliphatic heterocycles. The number of hydrogen-bond acceptors (Lipinski definition) is 3. The Morgan fingerprint density at radius 2 is 2.28 bits per heavy atom. The Morgan fingerprint density at radius 3 is 2.94 bits per heavy atom. The van der Waals surface area contributed by atoms with Gasteiger partial charge < -0.3 is 15.2 Å². The van der Waals surface area contributed by atoms with Crippen LogP contribution < -0.4 is 10.1 Å². The molecule has 0 aromatic heterocycles. The number of rotatable bonds is 7. The lowest BCUT2D eigenvalue weighted by Gasteiger charge is -2.12. The molecular formula is C14H21NO3. The fraction of sp³-hybridized carbons (Fsp3) is 0.500. The van der Waals surface area contributed by atoms with Crippen LogP contribution in [0.2, 0.25) is 0 Å². The summed E-state index contributed by atoms with van der Waals surface area (Å²) in [6.45, 7) is 1.98. The molecule has 0 aliphatic carbocycles. The normalized spacial score (nSPS) is 11.9. The number of nitrogens with one attached hydrogen (secondary N) is 1. The van der Waals surface area contributed by atoms with Gasteiger partial charge in [0, 0.05) is 19.1 Å². The first-order chi connectivity index (χ1) is 8.65. The van der Waals surface area contributed by atoms with E-state index in [9.17, 15) is 4.79 Å². The summed E-state index contributed by atoms with van der Waals surface area (Å²) in [5.41, 5.74) is 1.08. The lowest BCUT2D eigenvalue weighted by molar-refractivity contribution is -0.121. The molecule has 0 fully saturated rings. The smallest absolute Gasteiger partial charge is 0.220 e. The van der Waals surface area contributed by atoms with Gasteiger partial charge in [-0.3, -0.25) is 4.79 Å². The summed E-state index contributed by atoms with van der Waals surface area (Å²) >= 11 is 0. The fourth-order valence-corrected chi connectivity index (χ4v) is 1.70. The number of carbonyl (C=O) groups excluding carboxylic acids is 1. The third-order valence-electron chi connectivity index (χ3n) is 2.74. The van der Waals surface area contributed by atoms with Crippen molar-refractivity contribution in [2.24, 2.45) is 0 Å². The number of aryl methyl sites for hydroxylation is 1. The van der Waals surface area contributed by atoms with Crippen LogP contribution >= 0.6 is 0 Å². The molecule has 2 N–H and O–H groups in total. The van der Waals surface area contributed by atoms with Crippen molar-refractivity contribution in [1.29, 1.82) is 0 Å². The largest absolute Gasteiger partial charge is 0.497 e. The third kappa shape index (κ3) is 5.19. The van der Waals surface area contributed by atoms with E-state index in [1.165, 1.54) is 0 Å². The maximum Gasteiger partial charge on any atom is 0.220 e. The minimum Gasteiger partial charge on any atom is -0.497 e. The van der Waals surface area contributed by atoms with Gasteiger partial charge in [0.1, 0.15) is 5.75 Å². The van der Waals surface area contributed by atoms with Gasteiger partial charge in [-0.15, -0.1) is 0 Å². The maximum absolute atomic E-state index is 11.6. The SMILES string of the molecule is COc1cccc(CCC(=O)NC(C)CCO)c1. The highest BCUT2D eigenvalue weighted by Crippen LogP contribution is 2.13. The van der Waals surface area contributed by atoms with Crippen molar-refractivity contribution in [3.05, 3.63) is 29.8 Å². The zero-order valence-electron chi connectivity index (χ0n) is 11.0. The summed E-state index contributed by atoms with van der Waals surface area (Å²) in [7, 11) is 1.63. The molecule has 4 heteroatoms. The molecular weight excluding hydrogens is 230 g/mol. The van der Waals surface area contributed by atoms with Crippen LogP contribution in [0, 0.1) is 0 Å². The van der Waals surface area contributed by atoms with Gasteiger partial charge in [0.05, 0.1) is 7.11 Å². The van der Waals surface area contributed by atoms with Crippen LogP contribution in [0.3, 0.4) is 0 Å². The minimum atomic E-state index is 0.0127. The highest BCUT2D eigenvalue weighted by atomic mass is 16.5. The summed E-state index contributed by atoms with van der Waals surface area (Å²) in [6, 6.07) is 7.73. The van der Waals surface area contributed by atoms with Gasteiger partial charge in [0.25, 0.3) is 0 Å². The van der Waals surface area contributed by atoms with Crippen molar-refractivity contribution >= 4 is 5.91 Å². The number of aliphatic hydroxyl groups is 1. The zero-order valence-corrected chi connectivity index (χ0v) is 11.0. The maximum atomic E-state index is 11.6. The van der Waals surface area contributed by atoms with Gasteiger partial charge in [0.15, 0.2) is 0 Å². The van der Waals surface area contributed by atoms with Gasteiger partial charge in [-0.25, -0.2) is 0 Å². The Balaban J connectivity index is 2.37. The van der Waals surface area contributed by atoms with Gasteiger partial charge in [-0.05, 0) is 37.5 Å². The second kappa shape index (κ2) is 7.71. The molecule has 100 valence electrons. The third-order valence-corrected chi connectivity index (χ3v) is 2.74. The summed E-state index contributed by atoms with van der Waals surface area (Å²) in [5.74, 6) is 0.820. The van der Waals surface area contributed by atoms with E-state index in [0.717, 1.165) is 11.3 Å². The van der Waals surface area contributed by atoms with Crippen molar-refractivity contribution in [3.8, 4) is 5.75 Å². The molecule has 1 aromatic carbocycles. The first kappa shape index (κ1) is 14.5. The highest BCUT2D eigenvalue weighted by molar-refractivity contribution is 5.76. The highest BCUT2D eigenvalue weighted by Gasteiger charge is 2.07. The van der Waals surface area contributed by atoms with Gasteiger partial charge in [-0.1, -0.05) is 12.1 Å². The minimum absolute atomic E-state index is 0.0127. The van der Waals surface area contributed by atoms with E-state index in [1.807, 2.05) is 31.2 Å². The first-order valence-electron chi connectivity index (χ1n) is 6.19. The van der Waals surface area contributed by atoms with E-state index >= 15 is 0 Å². The van der Waals surface area contributed by atoms with Crippen LogP contribution in [0.15, 0.2) is 24.3 Å². The molecule has 0 radical (unpaired) electrons. The monoisotopic (exact) mass is 251 g/mol. The number of ether oxygens (including phenoxy) is 1. The number of methoxy groups -OCH3 is 1. The molecule has 0 spiro atoms. The van der Waals surface area contributed by atoms with E-state index in [4.69, 9.17) is 9.84 Å². The molecule has 4 nitrogen and oxygen atoms in total. The molecule has 1 amide bonds. The van der Waals surface area contributed by atoms with Crippen LogP contribution in [-0.2, 0) is 11.2 Å². The molecule has 1 atom stereocenters. The van der Waals surface area contributed by atoms with Crippen LogP contribution in [0.25, 0.3) is 0 Å². The summed E-state index contributed by atoms with van der Waals surface area (Å²) in [6.07, 6.45) is 1.72. The summed E-state index contributed by atoms with van der Waals surface area (Å²) in [5, 5.41) is 11.6. The van der Waals surface area contributed by atoms with Crippen LogP contribution in [0.1, 0.15) is 25.3 Å². The molecule has 0 saturated carbocycles. The Morgan fingerprint density at radius 1 is 1.50 bits per heavy atom. The molecule has 1 rings (SSSR count). The predicted octanol–water partition coefficient (Wildman–Crippen LogP) is 1.51. The van der Waals surface area contributed by atoms with E-state index < -0.39 is 0 Å². The molecule has 0 aliphatic rings. The van der Waals surface area contributed by atoms with E-state index in [2.05, 4.69) is 5.32 Å². The quantitative estimate of drug-likeness (QED) is 0.772. The number of amides is 1. The van der Waals surface area contributed by atoms with Crippen LogP contribution in [-0.4, -0.2) is 30.8 Å². The van der Waals surface area contributed by atoms with Crippen molar-refractivity contribution in [2.45, 2.75) is 32.2 Å². The number of benzene rings is 1. The number of carbonyl (C=O) groups is 1. The second-order valence-electron chi connectivity index (χ2n) is 4.33. The summed E-state index contributed by atoms with van der Waals surface area (Å²) < 4.78 is 5.13. The lowest BCUT2D eigenvalue weighted by Crippen LogP contribution is -2.33. The molecule has 1 aromatic rings. The Kier molecular flexibility index (Phi) is 6.22. The van der Waals surface area contributed by atoms with Crippen molar-refractivity contribution in [1.82, 2.24) is 5.32 Å². The zero-order chi connectivity index (χ0) is 13.4. The van der Waals surface area contributed by atoms with Crippen LogP contribution in [0.5, 0.6) is 5.75 Å². The van der Waals surface area contributed by atoms with Gasteiger partial charge >= 0.3 is 0 Å². The number of hydrogen-bond donors (Lipinski definition) is 2. The van der Waals surface area contributed by atoms with Crippen molar-refractivity contribution < 1.29 is 14.6 Å². The van der Waals surface area contributed by atoms with E-state index in [0.29, 0.717) is 19.3 Å². The van der Waals surface area contributed by atoms with Gasteiger partial charge in [0.2, 0.25) is 5.91 Å². The lowest BCUT2D eigenvalue weighted by atomic mass is 10.1.